The van der Waals surface area contributed by atoms with Gasteiger partial charge < -0.3 is 10.5 Å². The average molecular weight is 263 g/mol. The normalized spacial score (nSPS) is 10.6. The largest absolute Gasteiger partial charge is 0.491 e. The molecule has 1 aromatic rings. The molecule has 19 heavy (non-hydrogen) atoms. The molecule has 0 heterocycles. The third-order valence-corrected chi connectivity index (χ3v) is 3.42. The monoisotopic (exact) mass is 263 g/mol. The summed E-state index contributed by atoms with van der Waals surface area (Å²) < 4.78 is 5.71. The van der Waals surface area contributed by atoms with Crippen molar-refractivity contribution in [2.24, 2.45) is 0 Å². The number of benzene rings is 1. The predicted octanol–water partition coefficient (Wildman–Crippen LogP) is 5.10. The van der Waals surface area contributed by atoms with Crippen LogP contribution in [0.5, 0.6) is 5.75 Å². The van der Waals surface area contributed by atoms with E-state index in [1.165, 1.54) is 50.5 Å². The fraction of sp³-hybridized carbons (Fsp3) is 0.647. The topological polar surface area (TPSA) is 35.2 Å². The van der Waals surface area contributed by atoms with Crippen LogP contribution in [0.25, 0.3) is 0 Å². The standard InChI is InChI=1S/C17H29NO/c1-3-4-5-6-7-8-9-10-13-19-17-12-11-15(2)14-16(17)18/h11-12,14H,3-10,13,18H2,1-2H3. The van der Waals surface area contributed by atoms with Crippen molar-refractivity contribution >= 4 is 5.69 Å². The van der Waals surface area contributed by atoms with Gasteiger partial charge in [0.05, 0.1) is 12.3 Å². The molecule has 108 valence electrons. The van der Waals surface area contributed by atoms with Gasteiger partial charge in [0.2, 0.25) is 0 Å². The summed E-state index contributed by atoms with van der Waals surface area (Å²) in [6.07, 6.45) is 10.6. The molecule has 2 heteroatoms. The number of nitrogens with two attached hydrogens (primary N) is 1. The first-order valence-corrected chi connectivity index (χ1v) is 7.73. The van der Waals surface area contributed by atoms with Gasteiger partial charge in [-0.2, -0.15) is 0 Å². The Hall–Kier alpha value is -1.18. The first-order chi connectivity index (χ1) is 9.24. The fourth-order valence-corrected chi connectivity index (χ4v) is 2.22. The van der Waals surface area contributed by atoms with Crippen LogP contribution in [-0.2, 0) is 0 Å². The van der Waals surface area contributed by atoms with Crippen molar-refractivity contribution in [3.63, 3.8) is 0 Å². The summed E-state index contributed by atoms with van der Waals surface area (Å²) >= 11 is 0. The van der Waals surface area contributed by atoms with Gasteiger partial charge in [-0.25, -0.2) is 0 Å². The van der Waals surface area contributed by atoms with E-state index in [4.69, 9.17) is 10.5 Å². The second-order valence-electron chi connectivity index (χ2n) is 5.36. The van der Waals surface area contributed by atoms with E-state index in [1.807, 2.05) is 25.1 Å². The van der Waals surface area contributed by atoms with Gasteiger partial charge in [-0.3, -0.25) is 0 Å². The molecule has 0 amide bonds. The highest BCUT2D eigenvalue weighted by Crippen LogP contribution is 2.22. The molecule has 0 saturated heterocycles. The van der Waals surface area contributed by atoms with Crippen LogP contribution in [0.1, 0.15) is 63.9 Å². The van der Waals surface area contributed by atoms with E-state index in [2.05, 4.69) is 6.92 Å². The Bertz CT molecular complexity index is 349. The molecule has 2 nitrogen and oxygen atoms in total. The molecule has 0 aliphatic heterocycles. The number of anilines is 1. The molecule has 0 unspecified atom stereocenters. The summed E-state index contributed by atoms with van der Waals surface area (Å²) in [6, 6.07) is 5.97. The number of ether oxygens (including phenoxy) is 1. The molecule has 0 atom stereocenters. The van der Waals surface area contributed by atoms with Gasteiger partial charge in [-0.15, -0.1) is 0 Å². The van der Waals surface area contributed by atoms with Crippen LogP contribution < -0.4 is 10.5 Å². The van der Waals surface area contributed by atoms with E-state index >= 15 is 0 Å². The highest BCUT2D eigenvalue weighted by atomic mass is 16.5. The molecule has 0 fully saturated rings. The zero-order valence-electron chi connectivity index (χ0n) is 12.6. The fourth-order valence-electron chi connectivity index (χ4n) is 2.22. The molecule has 1 aromatic carbocycles. The molecular formula is C17H29NO. The number of hydrogen-bond donors (Lipinski definition) is 1. The van der Waals surface area contributed by atoms with Gasteiger partial charge in [-0.05, 0) is 31.0 Å². The Labute approximate surface area is 118 Å². The lowest BCUT2D eigenvalue weighted by molar-refractivity contribution is 0.306. The van der Waals surface area contributed by atoms with Crippen LogP contribution in [0.3, 0.4) is 0 Å². The van der Waals surface area contributed by atoms with Gasteiger partial charge in [0.1, 0.15) is 5.75 Å². The van der Waals surface area contributed by atoms with Crippen molar-refractivity contribution in [2.75, 3.05) is 12.3 Å². The summed E-state index contributed by atoms with van der Waals surface area (Å²) in [5.41, 5.74) is 7.83. The lowest BCUT2D eigenvalue weighted by Crippen LogP contribution is -2.00. The summed E-state index contributed by atoms with van der Waals surface area (Å²) in [6.45, 7) is 5.08. The Morgan fingerprint density at radius 3 is 2.21 bits per heavy atom. The number of hydrogen-bond acceptors (Lipinski definition) is 2. The van der Waals surface area contributed by atoms with E-state index in [9.17, 15) is 0 Å². The minimum atomic E-state index is 0.750. The first kappa shape index (κ1) is 15.9. The molecule has 1 rings (SSSR count). The maximum atomic E-state index is 5.91. The van der Waals surface area contributed by atoms with Crippen molar-refractivity contribution in [2.45, 2.75) is 65.2 Å². The third-order valence-electron chi connectivity index (χ3n) is 3.42. The van der Waals surface area contributed by atoms with Crippen molar-refractivity contribution in [3.05, 3.63) is 23.8 Å². The maximum Gasteiger partial charge on any atom is 0.142 e. The Kier molecular flexibility index (Phi) is 8.11. The molecule has 0 radical (unpaired) electrons. The smallest absolute Gasteiger partial charge is 0.142 e. The Morgan fingerprint density at radius 1 is 0.947 bits per heavy atom. The van der Waals surface area contributed by atoms with Gasteiger partial charge >= 0.3 is 0 Å². The van der Waals surface area contributed by atoms with Crippen molar-refractivity contribution in [1.29, 1.82) is 0 Å². The Balaban J connectivity index is 2.01. The van der Waals surface area contributed by atoms with E-state index in [1.54, 1.807) is 0 Å². The second kappa shape index (κ2) is 9.71. The Morgan fingerprint density at radius 2 is 1.58 bits per heavy atom. The number of nitrogen functional groups attached to an aromatic ring is 1. The highest BCUT2D eigenvalue weighted by molar-refractivity contribution is 5.53. The highest BCUT2D eigenvalue weighted by Gasteiger charge is 1.99. The predicted molar refractivity (Wildman–Crippen MR) is 83.7 cm³/mol. The van der Waals surface area contributed by atoms with Gasteiger partial charge in [0.25, 0.3) is 0 Å². The van der Waals surface area contributed by atoms with E-state index in [0.29, 0.717) is 0 Å². The van der Waals surface area contributed by atoms with Crippen LogP contribution in [0.2, 0.25) is 0 Å². The molecule has 0 bridgehead atoms. The van der Waals surface area contributed by atoms with E-state index in [-0.39, 0.29) is 0 Å². The molecule has 0 spiro atoms. The maximum absolute atomic E-state index is 5.91. The molecule has 0 aliphatic carbocycles. The van der Waals surface area contributed by atoms with Gasteiger partial charge in [0, 0.05) is 0 Å². The van der Waals surface area contributed by atoms with Crippen LogP contribution in [0.4, 0.5) is 5.69 Å². The van der Waals surface area contributed by atoms with E-state index in [0.717, 1.165) is 24.5 Å². The quantitative estimate of drug-likeness (QED) is 0.471. The van der Waals surface area contributed by atoms with Crippen molar-refractivity contribution < 1.29 is 4.74 Å². The molecule has 0 aromatic heterocycles. The summed E-state index contributed by atoms with van der Waals surface area (Å²) in [5, 5.41) is 0. The van der Waals surface area contributed by atoms with Crippen LogP contribution in [0, 0.1) is 6.92 Å². The minimum absolute atomic E-state index is 0.750. The zero-order valence-corrected chi connectivity index (χ0v) is 12.6. The molecule has 0 aliphatic rings. The summed E-state index contributed by atoms with van der Waals surface area (Å²) in [5.74, 6) is 0.827. The number of unbranched alkanes of at least 4 members (excludes halogenated alkanes) is 7. The van der Waals surface area contributed by atoms with Crippen LogP contribution in [-0.4, -0.2) is 6.61 Å². The van der Waals surface area contributed by atoms with Crippen molar-refractivity contribution in [1.82, 2.24) is 0 Å². The third kappa shape index (κ3) is 7.09. The SMILES string of the molecule is CCCCCCCCCCOc1ccc(C)cc1N. The van der Waals surface area contributed by atoms with Crippen LogP contribution >= 0.6 is 0 Å². The first-order valence-electron chi connectivity index (χ1n) is 7.73. The zero-order chi connectivity index (χ0) is 13.9. The lowest BCUT2D eigenvalue weighted by atomic mass is 10.1. The summed E-state index contributed by atoms with van der Waals surface area (Å²) in [4.78, 5) is 0. The van der Waals surface area contributed by atoms with Gasteiger partial charge in [-0.1, -0.05) is 57.9 Å². The van der Waals surface area contributed by atoms with E-state index < -0.39 is 0 Å². The lowest BCUT2D eigenvalue weighted by Gasteiger charge is -2.09. The second-order valence-corrected chi connectivity index (χ2v) is 5.36. The van der Waals surface area contributed by atoms with Crippen LogP contribution in [0.15, 0.2) is 18.2 Å². The average Bonchev–Trinajstić information content (AvgIpc) is 2.39. The molecule has 0 saturated carbocycles. The van der Waals surface area contributed by atoms with Crippen molar-refractivity contribution in [3.8, 4) is 5.75 Å². The number of aryl methyl sites for hydroxylation is 1. The number of rotatable bonds is 10. The molecule has 2 N–H and O–H groups in total. The summed E-state index contributed by atoms with van der Waals surface area (Å²) in [7, 11) is 0. The molecular weight excluding hydrogens is 234 g/mol. The minimum Gasteiger partial charge on any atom is -0.491 e. The van der Waals surface area contributed by atoms with Gasteiger partial charge in [0.15, 0.2) is 0 Å².